The van der Waals surface area contributed by atoms with Crippen molar-refractivity contribution in [2.24, 2.45) is 5.73 Å². The molecule has 1 fully saturated rings. The summed E-state index contributed by atoms with van der Waals surface area (Å²) in [6, 6.07) is -0.0935. The second kappa shape index (κ2) is 6.49. The van der Waals surface area contributed by atoms with E-state index in [0.29, 0.717) is 13.1 Å². The summed E-state index contributed by atoms with van der Waals surface area (Å²) in [5.74, 6) is 0. The van der Waals surface area contributed by atoms with Gasteiger partial charge in [0.15, 0.2) is 8.32 Å². The number of nitrogens with two attached hydrogens (primary N) is 1. The monoisotopic (exact) mass is 330 g/mol. The summed E-state index contributed by atoms with van der Waals surface area (Å²) < 4.78 is 12.0. The lowest BCUT2D eigenvalue weighted by Crippen LogP contribution is -2.51. The summed E-state index contributed by atoms with van der Waals surface area (Å²) in [5.41, 5.74) is 5.44. The van der Waals surface area contributed by atoms with Crippen molar-refractivity contribution >= 4 is 14.4 Å². The highest BCUT2D eigenvalue weighted by atomic mass is 28.4. The van der Waals surface area contributed by atoms with Crippen LogP contribution < -0.4 is 5.73 Å². The number of hydrogen-bond donors (Lipinski definition) is 1. The largest absolute Gasteiger partial charge is 0.444 e. The molecular weight excluding hydrogens is 296 g/mol. The number of rotatable bonds is 3. The maximum Gasteiger partial charge on any atom is 0.410 e. The van der Waals surface area contributed by atoms with E-state index in [9.17, 15) is 4.79 Å². The third kappa shape index (κ3) is 4.70. The lowest BCUT2D eigenvalue weighted by Gasteiger charge is -2.40. The van der Waals surface area contributed by atoms with Crippen LogP contribution in [0.4, 0.5) is 4.79 Å². The average molecular weight is 331 g/mol. The van der Waals surface area contributed by atoms with E-state index in [4.69, 9.17) is 14.9 Å². The van der Waals surface area contributed by atoms with E-state index < -0.39 is 13.9 Å². The zero-order valence-corrected chi connectivity index (χ0v) is 16.5. The summed E-state index contributed by atoms with van der Waals surface area (Å²) in [7, 11) is -1.87. The van der Waals surface area contributed by atoms with Gasteiger partial charge in [0.25, 0.3) is 0 Å². The normalized spacial score (nSPS) is 23.8. The first kappa shape index (κ1) is 19.5. The third-order valence-corrected chi connectivity index (χ3v) is 9.11. The first-order valence-electron chi connectivity index (χ1n) is 8.16. The van der Waals surface area contributed by atoms with Crippen molar-refractivity contribution < 1.29 is 14.0 Å². The molecule has 1 aliphatic heterocycles. The van der Waals surface area contributed by atoms with E-state index in [-0.39, 0.29) is 23.3 Å². The van der Waals surface area contributed by atoms with Gasteiger partial charge in [-0.2, -0.15) is 0 Å². The molecule has 0 saturated carbocycles. The fraction of sp³-hybridized carbons (Fsp3) is 0.938. The lowest BCUT2D eigenvalue weighted by molar-refractivity contribution is 0.0174. The molecule has 22 heavy (non-hydrogen) atoms. The highest BCUT2D eigenvalue weighted by molar-refractivity contribution is 6.74. The Balaban J connectivity index is 2.80. The van der Waals surface area contributed by atoms with Crippen LogP contribution in [0.1, 0.15) is 48.0 Å². The minimum atomic E-state index is -1.87. The first-order valence-corrected chi connectivity index (χ1v) is 11.1. The molecular formula is C16H34N2O3Si. The molecule has 0 spiro atoms. The molecule has 0 aliphatic carbocycles. The van der Waals surface area contributed by atoms with Gasteiger partial charge in [0.05, 0.1) is 12.1 Å². The predicted octanol–water partition coefficient (Wildman–Crippen LogP) is 3.34. The third-order valence-electron chi connectivity index (χ3n) is 4.61. The molecule has 130 valence electrons. The van der Waals surface area contributed by atoms with E-state index in [1.54, 1.807) is 4.90 Å². The van der Waals surface area contributed by atoms with Gasteiger partial charge in [-0.05, 0) is 45.3 Å². The minimum absolute atomic E-state index is 0.0124. The molecule has 6 heteroatoms. The van der Waals surface area contributed by atoms with Crippen LogP contribution in [0.2, 0.25) is 18.1 Å². The smallest absolute Gasteiger partial charge is 0.410 e. The van der Waals surface area contributed by atoms with E-state index in [1.165, 1.54) is 0 Å². The van der Waals surface area contributed by atoms with Crippen LogP contribution >= 0.6 is 0 Å². The van der Waals surface area contributed by atoms with Crippen molar-refractivity contribution in [3.8, 4) is 0 Å². The van der Waals surface area contributed by atoms with Crippen molar-refractivity contribution in [2.45, 2.75) is 83.8 Å². The highest BCUT2D eigenvalue weighted by Gasteiger charge is 2.45. The molecule has 5 nitrogen and oxygen atoms in total. The zero-order valence-electron chi connectivity index (χ0n) is 15.5. The molecule has 1 unspecified atom stereocenters. The summed E-state index contributed by atoms with van der Waals surface area (Å²) in [4.78, 5) is 14.1. The second-order valence-electron chi connectivity index (χ2n) is 8.68. The van der Waals surface area contributed by atoms with Crippen molar-refractivity contribution in [2.75, 3.05) is 13.1 Å². The van der Waals surface area contributed by atoms with Gasteiger partial charge in [0, 0.05) is 13.1 Å². The quantitative estimate of drug-likeness (QED) is 0.806. The van der Waals surface area contributed by atoms with Gasteiger partial charge >= 0.3 is 6.09 Å². The summed E-state index contributed by atoms with van der Waals surface area (Å²) in [6.07, 6.45) is 0.552. The number of nitrogens with zero attached hydrogens (tertiary/aromatic N) is 1. The Hall–Kier alpha value is -0.593. The molecule has 0 bridgehead atoms. The van der Waals surface area contributed by atoms with Crippen LogP contribution in [0.3, 0.4) is 0 Å². The predicted molar refractivity (Wildman–Crippen MR) is 92.5 cm³/mol. The summed E-state index contributed by atoms with van der Waals surface area (Å²) in [6.45, 7) is 17.8. The van der Waals surface area contributed by atoms with Gasteiger partial charge in [-0.3, -0.25) is 0 Å². The second-order valence-corrected chi connectivity index (χ2v) is 13.4. The molecule has 0 aromatic heterocycles. The Bertz CT molecular complexity index is 399. The molecule has 1 aliphatic rings. The fourth-order valence-electron chi connectivity index (χ4n) is 2.34. The van der Waals surface area contributed by atoms with E-state index in [2.05, 4.69) is 33.9 Å². The SMILES string of the molecule is CC(C)(C)OC(=O)N1CCC(O[Si](C)(C)C(C)(C)C)[C@H]1CN. The van der Waals surface area contributed by atoms with Gasteiger partial charge in [-0.15, -0.1) is 0 Å². The molecule has 2 N–H and O–H groups in total. The average Bonchev–Trinajstić information content (AvgIpc) is 2.67. The van der Waals surface area contributed by atoms with Crippen molar-refractivity contribution in [3.05, 3.63) is 0 Å². The number of carbonyl (C=O) groups excluding carboxylic acids is 1. The molecule has 1 rings (SSSR count). The molecule has 1 heterocycles. The van der Waals surface area contributed by atoms with Crippen LogP contribution in [-0.2, 0) is 9.16 Å². The van der Waals surface area contributed by atoms with Gasteiger partial charge in [0.2, 0.25) is 0 Å². The molecule has 0 aromatic carbocycles. The number of amides is 1. The van der Waals surface area contributed by atoms with E-state index >= 15 is 0 Å². The van der Waals surface area contributed by atoms with Crippen molar-refractivity contribution in [1.29, 1.82) is 0 Å². The van der Waals surface area contributed by atoms with Crippen LogP contribution in [0.5, 0.6) is 0 Å². The number of likely N-dealkylation sites (tertiary alicyclic amines) is 1. The molecule has 1 amide bonds. The number of ether oxygens (including phenoxy) is 1. The Morgan fingerprint density at radius 2 is 1.77 bits per heavy atom. The van der Waals surface area contributed by atoms with E-state index in [0.717, 1.165) is 6.42 Å². The zero-order chi connectivity index (χ0) is 17.3. The topological polar surface area (TPSA) is 64.8 Å². The van der Waals surface area contributed by atoms with Crippen molar-refractivity contribution in [1.82, 2.24) is 4.90 Å². The van der Waals surface area contributed by atoms with Crippen LogP contribution in [0, 0.1) is 0 Å². The van der Waals surface area contributed by atoms with Gasteiger partial charge < -0.3 is 19.8 Å². The molecule has 0 radical (unpaired) electrons. The lowest BCUT2D eigenvalue weighted by atomic mass is 10.2. The van der Waals surface area contributed by atoms with Crippen LogP contribution in [0.15, 0.2) is 0 Å². The van der Waals surface area contributed by atoms with Gasteiger partial charge in [-0.25, -0.2) is 4.79 Å². The Labute approximate surface area is 136 Å². The fourth-order valence-corrected chi connectivity index (χ4v) is 3.73. The standard InChI is InChI=1S/C16H34N2O3Si/c1-15(2,3)20-14(19)18-10-9-13(12(18)11-17)21-22(7,8)16(4,5)6/h12-13H,9-11,17H2,1-8H3/t12-,13?/m1/s1. The number of hydrogen-bond acceptors (Lipinski definition) is 4. The number of carbonyl (C=O) groups is 1. The molecule has 1 saturated heterocycles. The maximum absolute atomic E-state index is 12.3. The van der Waals surface area contributed by atoms with Gasteiger partial charge in [0.1, 0.15) is 5.60 Å². The Morgan fingerprint density at radius 1 is 1.23 bits per heavy atom. The first-order chi connectivity index (χ1) is 9.78. The molecule has 0 aromatic rings. The Kier molecular flexibility index (Phi) is 5.74. The summed E-state index contributed by atoms with van der Waals surface area (Å²) >= 11 is 0. The maximum atomic E-state index is 12.3. The Morgan fingerprint density at radius 3 is 2.18 bits per heavy atom. The minimum Gasteiger partial charge on any atom is -0.444 e. The van der Waals surface area contributed by atoms with Crippen LogP contribution in [-0.4, -0.2) is 50.1 Å². The van der Waals surface area contributed by atoms with E-state index in [1.807, 2.05) is 20.8 Å². The van der Waals surface area contributed by atoms with Crippen molar-refractivity contribution in [3.63, 3.8) is 0 Å². The highest BCUT2D eigenvalue weighted by Crippen LogP contribution is 2.39. The summed E-state index contributed by atoms with van der Waals surface area (Å²) in [5, 5.41) is 0.144. The van der Waals surface area contributed by atoms with Gasteiger partial charge in [-0.1, -0.05) is 20.8 Å². The van der Waals surface area contributed by atoms with Crippen LogP contribution in [0.25, 0.3) is 0 Å². The molecule has 2 atom stereocenters.